The highest BCUT2D eigenvalue weighted by Gasteiger charge is 2.09. The molecule has 0 bridgehead atoms. The normalized spacial score (nSPS) is 10.3. The highest BCUT2D eigenvalue weighted by molar-refractivity contribution is 6.31. The van der Waals surface area contributed by atoms with Crippen molar-refractivity contribution in [3.63, 3.8) is 0 Å². The molecule has 7 nitrogen and oxygen atoms in total. The molecule has 2 rings (SSSR count). The zero-order valence-corrected chi connectivity index (χ0v) is 12.3. The number of nitro benzene ring substituents is 1. The summed E-state index contributed by atoms with van der Waals surface area (Å²) in [6.45, 7) is 0.440. The van der Waals surface area contributed by atoms with Crippen molar-refractivity contribution in [2.75, 3.05) is 18.5 Å². The van der Waals surface area contributed by atoms with Gasteiger partial charge in [-0.2, -0.15) is 0 Å². The van der Waals surface area contributed by atoms with Crippen LogP contribution in [0.3, 0.4) is 0 Å². The third-order valence-electron chi connectivity index (χ3n) is 2.80. The number of hydrogen-bond donors (Lipinski definition) is 2. The topological polar surface area (TPSA) is 97.5 Å². The molecule has 0 spiro atoms. The first-order valence-electron chi connectivity index (χ1n) is 6.46. The lowest BCUT2D eigenvalue weighted by molar-refractivity contribution is -0.384. The van der Waals surface area contributed by atoms with Gasteiger partial charge in [0.25, 0.3) is 5.69 Å². The van der Waals surface area contributed by atoms with Crippen LogP contribution in [-0.4, -0.2) is 28.2 Å². The second-order valence-corrected chi connectivity index (χ2v) is 4.75. The molecule has 2 N–H and O–H groups in total. The van der Waals surface area contributed by atoms with E-state index in [4.69, 9.17) is 21.4 Å². The minimum Gasteiger partial charge on any atom is -0.475 e. The average Bonchev–Trinajstić information content (AvgIpc) is 2.53. The molecular formula is C14H14ClN3O4. The number of anilines is 1. The standard InChI is InChI=1S/C14H14ClN3O4/c15-13-3-2-12(18(20)21)7-10(13)8-16-11-1-4-14(17-9-11)22-6-5-19/h1-4,7,9,16,19H,5-6,8H2. The van der Waals surface area contributed by atoms with Gasteiger partial charge in [0.15, 0.2) is 0 Å². The van der Waals surface area contributed by atoms with Gasteiger partial charge in [0.2, 0.25) is 5.88 Å². The van der Waals surface area contributed by atoms with E-state index in [0.29, 0.717) is 23.0 Å². The van der Waals surface area contributed by atoms with E-state index in [9.17, 15) is 10.1 Å². The highest BCUT2D eigenvalue weighted by atomic mass is 35.5. The first-order chi connectivity index (χ1) is 10.6. The molecule has 0 aliphatic rings. The molecule has 1 aromatic heterocycles. The Morgan fingerprint density at radius 1 is 1.36 bits per heavy atom. The summed E-state index contributed by atoms with van der Waals surface area (Å²) in [5, 5.41) is 22.9. The van der Waals surface area contributed by atoms with Gasteiger partial charge >= 0.3 is 0 Å². The number of nitro groups is 1. The van der Waals surface area contributed by atoms with Crippen molar-refractivity contribution in [1.29, 1.82) is 0 Å². The van der Waals surface area contributed by atoms with E-state index in [1.807, 2.05) is 0 Å². The van der Waals surface area contributed by atoms with Crippen molar-refractivity contribution in [3.05, 3.63) is 57.2 Å². The summed E-state index contributed by atoms with van der Waals surface area (Å²) >= 11 is 6.03. The van der Waals surface area contributed by atoms with Gasteiger partial charge in [-0.25, -0.2) is 4.98 Å². The number of pyridine rings is 1. The molecule has 1 aromatic carbocycles. The SMILES string of the molecule is O=[N+]([O-])c1ccc(Cl)c(CNc2ccc(OCCO)nc2)c1. The van der Waals surface area contributed by atoms with Gasteiger partial charge in [0, 0.05) is 29.8 Å². The number of nitrogens with one attached hydrogen (secondary N) is 1. The number of aromatic nitrogens is 1. The van der Waals surface area contributed by atoms with Crippen molar-refractivity contribution in [2.45, 2.75) is 6.54 Å². The van der Waals surface area contributed by atoms with E-state index in [1.165, 1.54) is 18.2 Å². The highest BCUT2D eigenvalue weighted by Crippen LogP contribution is 2.23. The number of rotatable bonds is 7. The Morgan fingerprint density at radius 3 is 2.82 bits per heavy atom. The van der Waals surface area contributed by atoms with E-state index in [0.717, 1.165) is 5.69 Å². The number of nitrogens with zero attached hydrogens (tertiary/aromatic N) is 2. The van der Waals surface area contributed by atoms with Gasteiger partial charge in [-0.05, 0) is 17.7 Å². The van der Waals surface area contributed by atoms with Gasteiger partial charge in [-0.1, -0.05) is 11.6 Å². The Bertz CT molecular complexity index is 649. The molecule has 0 unspecified atom stereocenters. The molecule has 0 amide bonds. The summed E-state index contributed by atoms with van der Waals surface area (Å²) in [6.07, 6.45) is 1.57. The number of aliphatic hydroxyl groups excluding tert-OH is 1. The van der Waals surface area contributed by atoms with Crippen LogP contribution < -0.4 is 10.1 Å². The summed E-state index contributed by atoms with van der Waals surface area (Å²) in [5.41, 5.74) is 1.34. The predicted molar refractivity (Wildman–Crippen MR) is 82.3 cm³/mol. The molecule has 0 aliphatic heterocycles. The largest absolute Gasteiger partial charge is 0.475 e. The number of non-ortho nitro benzene ring substituents is 1. The van der Waals surface area contributed by atoms with Crippen LogP contribution in [-0.2, 0) is 6.54 Å². The molecule has 1 heterocycles. The Kier molecular flexibility index (Phi) is 5.51. The fourth-order valence-electron chi connectivity index (χ4n) is 1.73. The number of aliphatic hydroxyl groups is 1. The van der Waals surface area contributed by atoms with Gasteiger partial charge in [-0.3, -0.25) is 10.1 Å². The zero-order chi connectivity index (χ0) is 15.9. The number of ether oxygens (including phenoxy) is 1. The molecule has 8 heteroatoms. The second kappa shape index (κ2) is 7.58. The van der Waals surface area contributed by atoms with Crippen LogP contribution in [0.15, 0.2) is 36.5 Å². The monoisotopic (exact) mass is 323 g/mol. The van der Waals surface area contributed by atoms with Gasteiger partial charge in [0.1, 0.15) is 6.61 Å². The maximum absolute atomic E-state index is 10.8. The van der Waals surface area contributed by atoms with Crippen molar-refractivity contribution < 1.29 is 14.8 Å². The molecule has 0 aliphatic carbocycles. The van der Waals surface area contributed by atoms with Crippen molar-refractivity contribution in [2.24, 2.45) is 0 Å². The molecule has 2 aromatic rings. The maximum Gasteiger partial charge on any atom is 0.269 e. The Hall–Kier alpha value is -2.38. The zero-order valence-electron chi connectivity index (χ0n) is 11.5. The third kappa shape index (κ3) is 4.31. The van der Waals surface area contributed by atoms with Crippen LogP contribution in [0.4, 0.5) is 11.4 Å². The quantitative estimate of drug-likeness (QED) is 0.600. The van der Waals surface area contributed by atoms with E-state index in [-0.39, 0.29) is 18.9 Å². The van der Waals surface area contributed by atoms with Crippen LogP contribution >= 0.6 is 11.6 Å². The Morgan fingerprint density at radius 2 is 2.18 bits per heavy atom. The molecule has 0 radical (unpaired) electrons. The number of halogens is 1. The maximum atomic E-state index is 10.8. The van der Waals surface area contributed by atoms with Crippen LogP contribution in [0, 0.1) is 10.1 Å². The van der Waals surface area contributed by atoms with Crippen LogP contribution in [0.1, 0.15) is 5.56 Å². The van der Waals surface area contributed by atoms with Crippen molar-refractivity contribution in [1.82, 2.24) is 4.98 Å². The minimum absolute atomic E-state index is 0.00734. The van der Waals surface area contributed by atoms with Gasteiger partial charge in [-0.15, -0.1) is 0 Å². The predicted octanol–water partition coefficient (Wildman–Crippen LogP) is 2.63. The number of hydrogen-bond acceptors (Lipinski definition) is 6. The summed E-state index contributed by atoms with van der Waals surface area (Å²) < 4.78 is 5.15. The fourth-order valence-corrected chi connectivity index (χ4v) is 1.91. The van der Waals surface area contributed by atoms with Crippen molar-refractivity contribution in [3.8, 4) is 5.88 Å². The van der Waals surface area contributed by atoms with Crippen LogP contribution in [0.25, 0.3) is 0 Å². The summed E-state index contributed by atoms with van der Waals surface area (Å²) in [5.74, 6) is 0.410. The van der Waals surface area contributed by atoms with Crippen molar-refractivity contribution >= 4 is 23.0 Å². The Labute approximate surface area is 131 Å². The summed E-state index contributed by atoms with van der Waals surface area (Å²) in [4.78, 5) is 14.4. The fraction of sp³-hybridized carbons (Fsp3) is 0.214. The number of benzene rings is 1. The minimum atomic E-state index is -0.464. The second-order valence-electron chi connectivity index (χ2n) is 4.34. The van der Waals surface area contributed by atoms with E-state index >= 15 is 0 Å². The van der Waals surface area contributed by atoms with Crippen LogP contribution in [0.2, 0.25) is 5.02 Å². The summed E-state index contributed by atoms with van der Waals surface area (Å²) in [7, 11) is 0. The van der Waals surface area contributed by atoms with Gasteiger partial charge < -0.3 is 15.2 Å². The molecule has 116 valence electrons. The Balaban J connectivity index is 2.00. The molecular weight excluding hydrogens is 310 g/mol. The molecule has 22 heavy (non-hydrogen) atoms. The molecule has 0 atom stereocenters. The van der Waals surface area contributed by atoms with Crippen LogP contribution in [0.5, 0.6) is 5.88 Å². The lowest BCUT2D eigenvalue weighted by Crippen LogP contribution is -2.04. The van der Waals surface area contributed by atoms with E-state index < -0.39 is 4.92 Å². The summed E-state index contributed by atoms with van der Waals surface area (Å²) in [6, 6.07) is 7.71. The smallest absolute Gasteiger partial charge is 0.269 e. The third-order valence-corrected chi connectivity index (χ3v) is 3.17. The van der Waals surface area contributed by atoms with Gasteiger partial charge in [0.05, 0.1) is 23.4 Å². The lowest BCUT2D eigenvalue weighted by atomic mass is 10.2. The molecule has 0 saturated carbocycles. The first-order valence-corrected chi connectivity index (χ1v) is 6.84. The molecule has 0 fully saturated rings. The average molecular weight is 324 g/mol. The lowest BCUT2D eigenvalue weighted by Gasteiger charge is -2.09. The first kappa shape index (κ1) is 16.0. The van der Waals surface area contributed by atoms with E-state index in [2.05, 4.69) is 10.3 Å². The van der Waals surface area contributed by atoms with E-state index in [1.54, 1.807) is 18.3 Å². The molecule has 0 saturated heterocycles.